The number of ether oxygens (including phenoxy) is 2. The van der Waals surface area contributed by atoms with Crippen LogP contribution >= 0.6 is 11.6 Å². The standard InChI is InChI=1S/C32H37ClFN5O8S/c1-46-18-22(19-48(3,44)45)39-30(41)25(24-5-4-6-26(34)29(24)33)16-37(32(39)43)17-28(40)36-12-10-21(11-13-36)38-14-9-20-15-23(47-2)7-8-27(20)35-31(38)42/h4-8,15-16,21-22H,9-14,17-19H2,1-3H3,(H,35,42). The van der Waals surface area contributed by atoms with E-state index in [0.717, 1.165) is 38.9 Å². The molecule has 1 saturated heterocycles. The summed E-state index contributed by atoms with van der Waals surface area (Å²) in [5.41, 5.74) is -0.351. The molecule has 48 heavy (non-hydrogen) atoms. The first-order valence-corrected chi connectivity index (χ1v) is 17.7. The summed E-state index contributed by atoms with van der Waals surface area (Å²) in [5, 5.41) is 2.60. The van der Waals surface area contributed by atoms with Gasteiger partial charge in [0.05, 0.1) is 36.1 Å². The number of rotatable bonds is 10. The number of fused-ring (bicyclic) bond motifs is 1. The Balaban J connectivity index is 1.38. The van der Waals surface area contributed by atoms with Crippen LogP contribution in [0.4, 0.5) is 14.9 Å². The summed E-state index contributed by atoms with van der Waals surface area (Å²) in [4.78, 5) is 57.5. The van der Waals surface area contributed by atoms with Gasteiger partial charge in [0.25, 0.3) is 5.56 Å². The number of carbonyl (C=O) groups is 2. The van der Waals surface area contributed by atoms with Crippen molar-refractivity contribution in [2.45, 2.75) is 37.9 Å². The summed E-state index contributed by atoms with van der Waals surface area (Å²) < 4.78 is 51.2. The predicted molar refractivity (Wildman–Crippen MR) is 178 cm³/mol. The molecule has 1 atom stereocenters. The van der Waals surface area contributed by atoms with Crippen molar-refractivity contribution in [3.8, 4) is 16.9 Å². The van der Waals surface area contributed by atoms with Crippen molar-refractivity contribution in [3.05, 3.63) is 79.8 Å². The summed E-state index contributed by atoms with van der Waals surface area (Å²) in [6.45, 7) is 0.330. The lowest BCUT2D eigenvalue weighted by molar-refractivity contribution is -0.133. The summed E-state index contributed by atoms with van der Waals surface area (Å²) in [6.07, 6.45) is 3.74. The third kappa shape index (κ3) is 7.58. The van der Waals surface area contributed by atoms with Crippen molar-refractivity contribution >= 4 is 39.1 Å². The minimum absolute atomic E-state index is 0.0238. The highest BCUT2D eigenvalue weighted by Gasteiger charge is 2.32. The second-order valence-electron chi connectivity index (χ2n) is 11.9. The molecule has 3 heterocycles. The summed E-state index contributed by atoms with van der Waals surface area (Å²) in [5.74, 6) is -1.12. The normalized spacial score (nSPS) is 16.2. The van der Waals surface area contributed by atoms with Gasteiger partial charge in [-0.25, -0.2) is 22.4 Å². The number of nitrogens with zero attached hydrogens (tertiary/aromatic N) is 4. The molecule has 2 aliphatic rings. The Morgan fingerprint density at radius 2 is 1.81 bits per heavy atom. The zero-order valence-electron chi connectivity index (χ0n) is 26.8. The maximum absolute atomic E-state index is 14.4. The summed E-state index contributed by atoms with van der Waals surface area (Å²) in [6, 6.07) is 7.76. The number of hydrogen-bond donors (Lipinski definition) is 1. The Morgan fingerprint density at radius 3 is 2.48 bits per heavy atom. The highest BCUT2D eigenvalue weighted by Crippen LogP contribution is 2.29. The van der Waals surface area contributed by atoms with Crippen LogP contribution in [0.3, 0.4) is 0 Å². The van der Waals surface area contributed by atoms with Gasteiger partial charge in [0, 0.05) is 56.5 Å². The third-order valence-corrected chi connectivity index (χ3v) is 10.0. The summed E-state index contributed by atoms with van der Waals surface area (Å²) in [7, 11) is -0.818. The van der Waals surface area contributed by atoms with Crippen molar-refractivity contribution in [2.24, 2.45) is 0 Å². The lowest BCUT2D eigenvalue weighted by atomic mass is 10.0. The lowest BCUT2D eigenvalue weighted by Gasteiger charge is -2.38. The van der Waals surface area contributed by atoms with Gasteiger partial charge in [0.2, 0.25) is 5.91 Å². The summed E-state index contributed by atoms with van der Waals surface area (Å²) >= 11 is 6.21. The molecule has 5 rings (SSSR count). The first kappa shape index (κ1) is 35.1. The molecule has 1 fully saturated rings. The Hall–Kier alpha value is -4.21. The van der Waals surface area contributed by atoms with E-state index in [1.807, 2.05) is 12.1 Å². The number of nitrogens with one attached hydrogen (secondary N) is 1. The number of amides is 3. The van der Waals surface area contributed by atoms with Gasteiger partial charge in [0.1, 0.15) is 27.9 Å². The quantitative estimate of drug-likeness (QED) is 0.339. The van der Waals surface area contributed by atoms with E-state index in [2.05, 4.69) is 5.32 Å². The average Bonchev–Trinajstić information content (AvgIpc) is 3.20. The van der Waals surface area contributed by atoms with Crippen molar-refractivity contribution in [3.63, 3.8) is 0 Å². The average molecular weight is 706 g/mol. The van der Waals surface area contributed by atoms with Crippen LogP contribution in [0.5, 0.6) is 5.75 Å². The van der Waals surface area contributed by atoms with Crippen LogP contribution in [0.1, 0.15) is 24.4 Å². The van der Waals surface area contributed by atoms with Crippen LogP contribution < -0.4 is 21.3 Å². The molecule has 1 unspecified atom stereocenters. The maximum Gasteiger partial charge on any atom is 0.331 e. The zero-order valence-corrected chi connectivity index (χ0v) is 28.4. The molecule has 2 aliphatic heterocycles. The minimum atomic E-state index is -3.70. The van der Waals surface area contributed by atoms with Crippen LogP contribution in [0.2, 0.25) is 5.02 Å². The van der Waals surface area contributed by atoms with E-state index in [1.165, 1.54) is 19.2 Å². The van der Waals surface area contributed by atoms with Crippen LogP contribution in [-0.4, -0.2) is 97.8 Å². The smallest absolute Gasteiger partial charge is 0.331 e. The van der Waals surface area contributed by atoms with Gasteiger partial charge in [0.15, 0.2) is 0 Å². The van der Waals surface area contributed by atoms with E-state index in [4.69, 9.17) is 21.1 Å². The van der Waals surface area contributed by atoms with Gasteiger partial charge >= 0.3 is 11.7 Å². The number of halogens is 2. The molecule has 0 spiro atoms. The van der Waals surface area contributed by atoms with E-state index in [1.54, 1.807) is 23.0 Å². The van der Waals surface area contributed by atoms with E-state index in [0.29, 0.717) is 44.6 Å². The van der Waals surface area contributed by atoms with E-state index >= 15 is 0 Å². The highest BCUT2D eigenvalue weighted by atomic mass is 35.5. The van der Waals surface area contributed by atoms with Crippen molar-refractivity contribution in [1.29, 1.82) is 0 Å². The molecule has 1 aromatic heterocycles. The van der Waals surface area contributed by atoms with Gasteiger partial charge in [-0.2, -0.15) is 0 Å². The third-order valence-electron chi connectivity index (χ3n) is 8.65. The first-order valence-electron chi connectivity index (χ1n) is 15.3. The Morgan fingerprint density at radius 1 is 1.08 bits per heavy atom. The maximum atomic E-state index is 14.4. The molecule has 13 nitrogen and oxygen atoms in total. The number of hydrogen-bond acceptors (Lipinski definition) is 8. The first-order chi connectivity index (χ1) is 22.8. The van der Waals surface area contributed by atoms with E-state index in [9.17, 15) is 32.0 Å². The Labute approximate surface area is 281 Å². The molecular formula is C32H37ClFN5O8S. The minimum Gasteiger partial charge on any atom is -0.497 e. The number of carbonyl (C=O) groups excluding carboxylic acids is 2. The Bertz CT molecular complexity index is 1940. The van der Waals surface area contributed by atoms with Crippen LogP contribution in [0.25, 0.3) is 11.1 Å². The molecule has 258 valence electrons. The van der Waals surface area contributed by atoms with Gasteiger partial charge in [-0.3, -0.25) is 18.7 Å². The number of aromatic nitrogens is 2. The fourth-order valence-electron chi connectivity index (χ4n) is 6.27. The van der Waals surface area contributed by atoms with E-state index < -0.39 is 51.2 Å². The van der Waals surface area contributed by atoms with Gasteiger partial charge in [-0.05, 0) is 49.1 Å². The van der Waals surface area contributed by atoms with Gasteiger partial charge in [-0.15, -0.1) is 0 Å². The predicted octanol–water partition coefficient (Wildman–Crippen LogP) is 2.79. The molecule has 0 aliphatic carbocycles. The molecule has 2 aromatic carbocycles. The molecule has 16 heteroatoms. The van der Waals surface area contributed by atoms with E-state index in [-0.39, 0.29) is 34.8 Å². The van der Waals surface area contributed by atoms with Crippen LogP contribution in [0.15, 0.2) is 52.2 Å². The number of likely N-dealkylation sites (tertiary alicyclic amines) is 1. The number of piperidine rings is 1. The fraction of sp³-hybridized carbons (Fsp3) is 0.438. The molecule has 3 amide bonds. The van der Waals surface area contributed by atoms with Crippen molar-refractivity contribution in [1.82, 2.24) is 18.9 Å². The molecule has 0 radical (unpaired) electrons. The second-order valence-corrected chi connectivity index (χ2v) is 14.5. The number of urea groups is 1. The molecular weight excluding hydrogens is 669 g/mol. The number of methoxy groups -OCH3 is 2. The molecule has 0 bridgehead atoms. The largest absolute Gasteiger partial charge is 0.497 e. The van der Waals surface area contributed by atoms with Crippen LogP contribution in [0, 0.1) is 5.82 Å². The lowest BCUT2D eigenvalue weighted by Crippen LogP contribution is -2.51. The number of sulfone groups is 1. The highest BCUT2D eigenvalue weighted by molar-refractivity contribution is 7.90. The SMILES string of the molecule is COCC(CS(C)(=O)=O)n1c(=O)c(-c2cccc(F)c2Cl)cn(CC(=O)N2CCC(N3CCc4cc(OC)ccc4NC3=O)CC2)c1=O. The topological polar surface area (TPSA) is 149 Å². The van der Waals surface area contributed by atoms with Crippen molar-refractivity contribution < 1.29 is 31.9 Å². The number of benzene rings is 2. The second kappa shape index (κ2) is 14.5. The van der Waals surface area contributed by atoms with Crippen molar-refractivity contribution in [2.75, 3.05) is 57.8 Å². The molecule has 1 N–H and O–H groups in total. The fourth-order valence-corrected chi connectivity index (χ4v) is 7.44. The zero-order chi connectivity index (χ0) is 34.7. The van der Waals surface area contributed by atoms with Gasteiger partial charge < -0.3 is 24.6 Å². The molecule has 3 aromatic rings. The molecule has 0 saturated carbocycles. The monoisotopic (exact) mass is 705 g/mol. The number of anilines is 1. The van der Waals surface area contributed by atoms with Gasteiger partial charge in [-0.1, -0.05) is 23.7 Å². The Kier molecular flexibility index (Phi) is 10.6. The van der Waals surface area contributed by atoms with Crippen LogP contribution in [-0.2, 0) is 32.3 Å².